The summed E-state index contributed by atoms with van der Waals surface area (Å²) in [6, 6.07) is 10.1. The van der Waals surface area contributed by atoms with Gasteiger partial charge >= 0.3 is 0 Å². The van der Waals surface area contributed by atoms with Crippen LogP contribution in [0.2, 0.25) is 0 Å². The highest BCUT2D eigenvalue weighted by Gasteiger charge is 2.38. The summed E-state index contributed by atoms with van der Waals surface area (Å²) in [5.41, 5.74) is 1.58. The summed E-state index contributed by atoms with van der Waals surface area (Å²) < 4.78 is 0. The van der Waals surface area contributed by atoms with E-state index in [1.807, 2.05) is 30.3 Å². The number of benzene rings is 1. The first-order chi connectivity index (χ1) is 9.79. The van der Waals surface area contributed by atoms with E-state index < -0.39 is 0 Å². The summed E-state index contributed by atoms with van der Waals surface area (Å²) in [6.45, 7) is 3.33. The van der Waals surface area contributed by atoms with Crippen molar-refractivity contribution < 1.29 is 4.79 Å². The van der Waals surface area contributed by atoms with Crippen LogP contribution < -0.4 is 5.32 Å². The molecule has 4 rings (SSSR count). The van der Waals surface area contributed by atoms with E-state index >= 15 is 0 Å². The first kappa shape index (κ1) is 11.9. The van der Waals surface area contributed by atoms with Gasteiger partial charge in [0, 0.05) is 30.7 Å². The minimum atomic E-state index is 0.00185. The Hall–Kier alpha value is -1.94. The number of pyridine rings is 1. The third-order valence-electron chi connectivity index (χ3n) is 4.50. The van der Waals surface area contributed by atoms with Crippen molar-refractivity contribution in [1.82, 2.24) is 15.2 Å². The van der Waals surface area contributed by atoms with E-state index in [9.17, 15) is 4.79 Å². The first-order valence-corrected chi connectivity index (χ1v) is 7.17. The van der Waals surface area contributed by atoms with Crippen LogP contribution >= 0.6 is 0 Å². The number of para-hydroxylation sites is 1. The van der Waals surface area contributed by atoms with E-state index in [2.05, 4.69) is 15.2 Å². The monoisotopic (exact) mass is 267 g/mol. The molecule has 4 heteroatoms. The van der Waals surface area contributed by atoms with Gasteiger partial charge in [0.05, 0.1) is 11.1 Å². The minimum Gasteiger partial charge on any atom is -0.348 e. The maximum absolute atomic E-state index is 12.4. The molecule has 2 aliphatic rings. The molecule has 1 aromatic heterocycles. The third-order valence-corrected chi connectivity index (χ3v) is 4.50. The molecule has 0 spiro atoms. The molecule has 0 radical (unpaired) electrons. The smallest absolute Gasteiger partial charge is 0.253 e. The zero-order valence-electron chi connectivity index (χ0n) is 11.2. The second-order valence-electron chi connectivity index (χ2n) is 5.80. The van der Waals surface area contributed by atoms with Gasteiger partial charge in [0.1, 0.15) is 0 Å². The highest BCUT2D eigenvalue weighted by molar-refractivity contribution is 5.97. The molecule has 1 aromatic carbocycles. The molecular weight excluding hydrogens is 250 g/mol. The van der Waals surface area contributed by atoms with Crippen LogP contribution in [-0.4, -0.2) is 41.5 Å². The number of hydrogen-bond donors (Lipinski definition) is 1. The largest absolute Gasteiger partial charge is 0.348 e. The number of nitrogens with zero attached hydrogens (tertiary/aromatic N) is 2. The van der Waals surface area contributed by atoms with Crippen LogP contribution in [0.3, 0.4) is 0 Å². The van der Waals surface area contributed by atoms with Crippen molar-refractivity contribution in [2.75, 3.05) is 19.6 Å². The number of carbonyl (C=O) groups excluding carboxylic acids is 1. The highest BCUT2D eigenvalue weighted by atomic mass is 16.1. The maximum atomic E-state index is 12.4. The van der Waals surface area contributed by atoms with Gasteiger partial charge in [-0.25, -0.2) is 0 Å². The fourth-order valence-corrected chi connectivity index (χ4v) is 3.39. The van der Waals surface area contributed by atoms with E-state index in [0.717, 1.165) is 24.0 Å². The van der Waals surface area contributed by atoms with Crippen molar-refractivity contribution in [2.24, 2.45) is 5.92 Å². The number of fused-ring (bicyclic) bond motifs is 3. The number of aromatic nitrogens is 1. The molecule has 3 heterocycles. The zero-order valence-corrected chi connectivity index (χ0v) is 11.2. The molecule has 0 saturated carbocycles. The molecule has 3 unspecified atom stereocenters. The lowest BCUT2D eigenvalue weighted by atomic mass is 9.99. The fraction of sp³-hybridized carbons (Fsp3) is 0.375. The number of nitrogens with one attached hydrogen (secondary N) is 1. The number of hydrogen-bond acceptors (Lipinski definition) is 3. The second kappa shape index (κ2) is 4.56. The van der Waals surface area contributed by atoms with Crippen molar-refractivity contribution in [2.45, 2.75) is 12.5 Å². The Morgan fingerprint density at radius 2 is 2.20 bits per heavy atom. The molecule has 102 valence electrons. The Morgan fingerprint density at radius 3 is 3.00 bits per heavy atom. The lowest BCUT2D eigenvalue weighted by Gasteiger charge is -2.23. The van der Waals surface area contributed by atoms with E-state index in [1.165, 1.54) is 13.0 Å². The van der Waals surface area contributed by atoms with Crippen LogP contribution in [0.15, 0.2) is 36.5 Å². The van der Waals surface area contributed by atoms with Gasteiger partial charge in [-0.2, -0.15) is 0 Å². The Morgan fingerprint density at radius 1 is 1.30 bits per heavy atom. The van der Waals surface area contributed by atoms with Crippen molar-refractivity contribution >= 4 is 16.8 Å². The van der Waals surface area contributed by atoms with Gasteiger partial charge in [-0.3, -0.25) is 9.78 Å². The van der Waals surface area contributed by atoms with Gasteiger partial charge in [-0.1, -0.05) is 18.2 Å². The Labute approximate surface area is 117 Å². The molecule has 4 nitrogen and oxygen atoms in total. The quantitative estimate of drug-likeness (QED) is 0.900. The van der Waals surface area contributed by atoms with Gasteiger partial charge < -0.3 is 10.2 Å². The Balaban J connectivity index is 1.54. The lowest BCUT2D eigenvalue weighted by Crippen LogP contribution is -2.43. The molecule has 0 aliphatic carbocycles. The average molecular weight is 267 g/mol. The number of carbonyl (C=O) groups is 1. The molecular formula is C16H17N3O. The van der Waals surface area contributed by atoms with Crippen LogP contribution in [0.4, 0.5) is 0 Å². The number of rotatable bonds is 2. The first-order valence-electron chi connectivity index (χ1n) is 7.17. The molecule has 3 atom stereocenters. The molecule has 2 bridgehead atoms. The fourth-order valence-electron chi connectivity index (χ4n) is 3.39. The summed E-state index contributed by atoms with van der Waals surface area (Å²) in [5, 5.41) is 4.18. The van der Waals surface area contributed by atoms with Crippen molar-refractivity contribution in [1.29, 1.82) is 0 Å². The molecule has 2 fully saturated rings. The summed E-state index contributed by atoms with van der Waals surface area (Å²) in [7, 11) is 0. The van der Waals surface area contributed by atoms with Crippen LogP contribution in [0.1, 0.15) is 16.8 Å². The van der Waals surface area contributed by atoms with Gasteiger partial charge in [-0.15, -0.1) is 0 Å². The maximum Gasteiger partial charge on any atom is 0.253 e. The summed E-state index contributed by atoms with van der Waals surface area (Å²) >= 11 is 0. The van der Waals surface area contributed by atoms with Crippen LogP contribution in [0, 0.1) is 5.92 Å². The van der Waals surface area contributed by atoms with Crippen molar-refractivity contribution in [3.63, 3.8) is 0 Å². The van der Waals surface area contributed by atoms with E-state index in [0.29, 0.717) is 17.5 Å². The zero-order chi connectivity index (χ0) is 13.5. The Bertz CT molecular complexity index is 670. The van der Waals surface area contributed by atoms with Gasteiger partial charge in [0.2, 0.25) is 0 Å². The van der Waals surface area contributed by atoms with Crippen molar-refractivity contribution in [3.05, 3.63) is 42.1 Å². The summed E-state index contributed by atoms with van der Waals surface area (Å²) in [5.74, 6) is 0.634. The molecule has 2 saturated heterocycles. The molecule has 2 aliphatic heterocycles. The molecule has 1 N–H and O–H groups in total. The normalized spacial score (nSPS) is 27.9. The SMILES string of the molecule is O=C(NC1CN2CCC1C2)c1cnc2ccccc2c1. The van der Waals surface area contributed by atoms with Gasteiger partial charge in [0.25, 0.3) is 5.91 Å². The van der Waals surface area contributed by atoms with E-state index in [-0.39, 0.29) is 5.91 Å². The summed E-state index contributed by atoms with van der Waals surface area (Å²) in [6.07, 6.45) is 2.88. The van der Waals surface area contributed by atoms with Crippen LogP contribution in [0.25, 0.3) is 10.9 Å². The standard InChI is InChI=1S/C16H17N3O/c20-16(18-15-10-19-6-5-12(15)9-19)13-7-11-3-1-2-4-14(11)17-8-13/h1-4,7-8,12,15H,5-6,9-10H2,(H,18,20). The number of amides is 1. The highest BCUT2D eigenvalue weighted by Crippen LogP contribution is 2.28. The predicted molar refractivity (Wildman–Crippen MR) is 77.5 cm³/mol. The van der Waals surface area contributed by atoms with Gasteiger partial charge in [-0.05, 0) is 31.0 Å². The molecule has 20 heavy (non-hydrogen) atoms. The third kappa shape index (κ3) is 1.96. The van der Waals surface area contributed by atoms with Crippen LogP contribution in [-0.2, 0) is 0 Å². The minimum absolute atomic E-state index is 0.00185. The second-order valence-corrected chi connectivity index (χ2v) is 5.80. The van der Waals surface area contributed by atoms with E-state index in [1.54, 1.807) is 6.20 Å². The summed E-state index contributed by atoms with van der Waals surface area (Å²) in [4.78, 5) is 19.1. The topological polar surface area (TPSA) is 45.2 Å². The average Bonchev–Trinajstić information content (AvgIpc) is 3.09. The predicted octanol–water partition coefficient (Wildman–Crippen LogP) is 1.67. The lowest BCUT2D eigenvalue weighted by molar-refractivity contribution is 0.0924. The van der Waals surface area contributed by atoms with Crippen molar-refractivity contribution in [3.8, 4) is 0 Å². The molecule has 1 amide bonds. The van der Waals surface area contributed by atoms with Crippen LogP contribution in [0.5, 0.6) is 0 Å². The van der Waals surface area contributed by atoms with Gasteiger partial charge in [0.15, 0.2) is 0 Å². The molecule has 2 aromatic rings. The Kier molecular flexibility index (Phi) is 2.70. The van der Waals surface area contributed by atoms with E-state index in [4.69, 9.17) is 0 Å². The number of piperidine rings is 1.